The molecule has 1 aromatic heterocycles. The van der Waals surface area contributed by atoms with Crippen molar-refractivity contribution in [3.63, 3.8) is 0 Å². The highest BCUT2D eigenvalue weighted by Gasteiger charge is 2.03. The zero-order valence-corrected chi connectivity index (χ0v) is 11.5. The predicted octanol–water partition coefficient (Wildman–Crippen LogP) is 2.82. The van der Waals surface area contributed by atoms with Gasteiger partial charge in [-0.15, -0.1) is 0 Å². The van der Waals surface area contributed by atoms with Gasteiger partial charge in [0.25, 0.3) is 0 Å². The Bertz CT molecular complexity index is 323. The van der Waals surface area contributed by atoms with Crippen molar-refractivity contribution in [2.45, 2.75) is 46.2 Å². The monoisotopic (exact) mass is 235 g/mol. The van der Waals surface area contributed by atoms with Crippen LogP contribution in [-0.2, 0) is 6.54 Å². The molecular formula is C14H25N3. The van der Waals surface area contributed by atoms with Crippen molar-refractivity contribution in [1.29, 1.82) is 0 Å². The van der Waals surface area contributed by atoms with Crippen molar-refractivity contribution in [2.75, 3.05) is 18.5 Å². The van der Waals surface area contributed by atoms with Gasteiger partial charge in [-0.3, -0.25) is 0 Å². The Morgan fingerprint density at radius 3 is 2.76 bits per heavy atom. The third-order valence-corrected chi connectivity index (χ3v) is 2.72. The van der Waals surface area contributed by atoms with E-state index in [2.05, 4.69) is 61.2 Å². The minimum absolute atomic E-state index is 0.498. The van der Waals surface area contributed by atoms with Crippen LogP contribution in [0.25, 0.3) is 0 Å². The van der Waals surface area contributed by atoms with E-state index in [-0.39, 0.29) is 0 Å². The molecule has 0 aliphatic heterocycles. The summed E-state index contributed by atoms with van der Waals surface area (Å²) in [6, 6.07) is 6.74. The molecule has 3 nitrogen and oxygen atoms in total. The molecule has 0 aliphatic carbocycles. The molecule has 0 bridgehead atoms. The Labute approximate surface area is 105 Å². The number of nitrogens with one attached hydrogen (secondary N) is 1. The first-order valence-corrected chi connectivity index (χ1v) is 6.54. The van der Waals surface area contributed by atoms with E-state index in [4.69, 9.17) is 0 Å². The van der Waals surface area contributed by atoms with E-state index >= 15 is 0 Å². The van der Waals surface area contributed by atoms with E-state index in [9.17, 15) is 0 Å². The van der Waals surface area contributed by atoms with Gasteiger partial charge in [-0.1, -0.05) is 33.3 Å². The van der Waals surface area contributed by atoms with E-state index in [0.717, 1.165) is 24.6 Å². The Morgan fingerprint density at radius 2 is 2.12 bits per heavy atom. The summed E-state index contributed by atoms with van der Waals surface area (Å²) in [7, 11) is 2.11. The first-order valence-electron chi connectivity index (χ1n) is 6.54. The lowest BCUT2D eigenvalue weighted by molar-refractivity contribution is 0.581. The minimum atomic E-state index is 0.498. The van der Waals surface area contributed by atoms with Crippen LogP contribution in [0.3, 0.4) is 0 Å². The fourth-order valence-electron chi connectivity index (χ4n) is 1.60. The number of nitrogens with zero attached hydrogens (tertiary/aromatic N) is 2. The Morgan fingerprint density at radius 1 is 1.35 bits per heavy atom. The quantitative estimate of drug-likeness (QED) is 0.787. The highest BCUT2D eigenvalue weighted by Crippen LogP contribution is 2.10. The Hall–Kier alpha value is -1.09. The van der Waals surface area contributed by atoms with E-state index in [0.29, 0.717) is 6.04 Å². The molecule has 0 unspecified atom stereocenters. The molecule has 0 aromatic carbocycles. The number of aromatic nitrogens is 1. The van der Waals surface area contributed by atoms with Gasteiger partial charge in [0.2, 0.25) is 0 Å². The van der Waals surface area contributed by atoms with Crippen LogP contribution < -0.4 is 10.2 Å². The third kappa shape index (κ3) is 5.18. The molecular weight excluding hydrogens is 210 g/mol. The van der Waals surface area contributed by atoms with Crippen LogP contribution in [0.1, 0.15) is 39.3 Å². The second-order valence-corrected chi connectivity index (χ2v) is 4.80. The third-order valence-electron chi connectivity index (χ3n) is 2.72. The zero-order chi connectivity index (χ0) is 12.7. The van der Waals surface area contributed by atoms with Crippen LogP contribution in [-0.4, -0.2) is 24.6 Å². The number of pyridine rings is 1. The molecule has 0 atom stereocenters. The minimum Gasteiger partial charge on any atom is -0.360 e. The maximum atomic E-state index is 4.66. The summed E-state index contributed by atoms with van der Waals surface area (Å²) in [5, 5.41) is 3.39. The summed E-state index contributed by atoms with van der Waals surface area (Å²) in [5.74, 6) is 1.07. The summed E-state index contributed by atoms with van der Waals surface area (Å²) in [4.78, 5) is 6.89. The average molecular weight is 235 g/mol. The highest BCUT2D eigenvalue weighted by molar-refractivity contribution is 5.38. The lowest BCUT2D eigenvalue weighted by Crippen LogP contribution is -2.24. The smallest absolute Gasteiger partial charge is 0.128 e. The van der Waals surface area contributed by atoms with Gasteiger partial charge in [-0.2, -0.15) is 0 Å². The molecule has 0 spiro atoms. The highest BCUT2D eigenvalue weighted by atomic mass is 15.2. The molecule has 1 rings (SSSR count). The predicted molar refractivity (Wildman–Crippen MR) is 74.4 cm³/mol. The standard InChI is InChI=1S/C14H25N3/c1-5-6-10-17(4)14-9-7-8-13(16-14)11-15-12(2)3/h7-9,12,15H,5-6,10-11H2,1-4H3. The molecule has 0 fully saturated rings. The van der Waals surface area contributed by atoms with Gasteiger partial charge in [0, 0.05) is 26.2 Å². The van der Waals surface area contributed by atoms with Crippen LogP contribution in [0.2, 0.25) is 0 Å². The molecule has 96 valence electrons. The van der Waals surface area contributed by atoms with Crippen LogP contribution in [0.15, 0.2) is 18.2 Å². The second kappa shape index (κ2) is 7.28. The summed E-state index contributed by atoms with van der Waals surface area (Å²) in [5.41, 5.74) is 1.11. The average Bonchev–Trinajstić information content (AvgIpc) is 2.33. The summed E-state index contributed by atoms with van der Waals surface area (Å²) < 4.78 is 0. The molecule has 0 saturated heterocycles. The number of unbranched alkanes of at least 4 members (excludes halogenated alkanes) is 1. The molecule has 0 amide bonds. The van der Waals surface area contributed by atoms with Crippen molar-refractivity contribution in [3.8, 4) is 0 Å². The van der Waals surface area contributed by atoms with E-state index in [1.165, 1.54) is 12.8 Å². The summed E-state index contributed by atoms with van der Waals surface area (Å²) in [6.45, 7) is 8.43. The van der Waals surface area contributed by atoms with Gasteiger partial charge < -0.3 is 10.2 Å². The van der Waals surface area contributed by atoms with Crippen molar-refractivity contribution in [2.24, 2.45) is 0 Å². The normalized spacial score (nSPS) is 10.9. The molecule has 1 aromatic rings. The van der Waals surface area contributed by atoms with Crippen LogP contribution in [0.4, 0.5) is 5.82 Å². The van der Waals surface area contributed by atoms with E-state index in [1.807, 2.05) is 0 Å². The lowest BCUT2D eigenvalue weighted by atomic mass is 10.3. The van der Waals surface area contributed by atoms with Crippen LogP contribution >= 0.6 is 0 Å². The van der Waals surface area contributed by atoms with Crippen molar-refractivity contribution in [1.82, 2.24) is 10.3 Å². The topological polar surface area (TPSA) is 28.2 Å². The van der Waals surface area contributed by atoms with Gasteiger partial charge in [0.15, 0.2) is 0 Å². The number of anilines is 1. The first-order chi connectivity index (χ1) is 8.13. The van der Waals surface area contributed by atoms with E-state index < -0.39 is 0 Å². The lowest BCUT2D eigenvalue weighted by Gasteiger charge is -2.18. The number of hydrogen-bond acceptors (Lipinski definition) is 3. The van der Waals surface area contributed by atoms with Gasteiger partial charge in [-0.25, -0.2) is 4.98 Å². The molecule has 0 saturated carbocycles. The van der Waals surface area contributed by atoms with E-state index in [1.54, 1.807) is 0 Å². The van der Waals surface area contributed by atoms with Gasteiger partial charge >= 0.3 is 0 Å². The largest absolute Gasteiger partial charge is 0.360 e. The van der Waals surface area contributed by atoms with Crippen molar-refractivity contribution >= 4 is 5.82 Å². The van der Waals surface area contributed by atoms with Crippen molar-refractivity contribution < 1.29 is 0 Å². The van der Waals surface area contributed by atoms with Gasteiger partial charge in [0.1, 0.15) is 5.82 Å². The number of rotatable bonds is 7. The Balaban J connectivity index is 2.58. The Kier molecular flexibility index (Phi) is 5.98. The zero-order valence-electron chi connectivity index (χ0n) is 11.5. The maximum absolute atomic E-state index is 4.66. The summed E-state index contributed by atoms with van der Waals surface area (Å²) >= 11 is 0. The number of hydrogen-bond donors (Lipinski definition) is 1. The second-order valence-electron chi connectivity index (χ2n) is 4.80. The van der Waals surface area contributed by atoms with Gasteiger partial charge in [-0.05, 0) is 18.6 Å². The SMILES string of the molecule is CCCCN(C)c1cccc(CNC(C)C)n1. The molecule has 0 radical (unpaired) electrons. The summed E-state index contributed by atoms with van der Waals surface area (Å²) in [6.07, 6.45) is 2.44. The molecule has 17 heavy (non-hydrogen) atoms. The fraction of sp³-hybridized carbons (Fsp3) is 0.643. The fourth-order valence-corrected chi connectivity index (χ4v) is 1.60. The maximum Gasteiger partial charge on any atom is 0.128 e. The molecule has 0 aliphatic rings. The first kappa shape index (κ1) is 14.0. The van der Waals surface area contributed by atoms with Gasteiger partial charge in [0.05, 0.1) is 5.69 Å². The van der Waals surface area contributed by atoms with Crippen molar-refractivity contribution in [3.05, 3.63) is 23.9 Å². The molecule has 1 N–H and O–H groups in total. The molecule has 1 heterocycles. The van der Waals surface area contributed by atoms with Crippen LogP contribution in [0.5, 0.6) is 0 Å². The van der Waals surface area contributed by atoms with Crippen LogP contribution in [0, 0.1) is 0 Å². The molecule has 3 heteroatoms.